The highest BCUT2D eigenvalue weighted by atomic mass is 32.2. The predicted octanol–water partition coefficient (Wildman–Crippen LogP) is 2.94. The number of benzene rings is 1. The average Bonchev–Trinajstić information content (AvgIpc) is 2.80. The third kappa shape index (κ3) is 3.80. The summed E-state index contributed by atoms with van der Waals surface area (Å²) in [6.07, 6.45) is 1.07. The molecule has 1 aromatic heterocycles. The summed E-state index contributed by atoms with van der Waals surface area (Å²) >= 11 is 3.23. The van der Waals surface area contributed by atoms with E-state index in [0.717, 1.165) is 49.0 Å². The van der Waals surface area contributed by atoms with Gasteiger partial charge in [-0.25, -0.2) is 4.98 Å². The fraction of sp³-hybridized carbons (Fsp3) is 0.500. The number of hydrogen-bond acceptors (Lipinski definition) is 5. The molecule has 22 heavy (non-hydrogen) atoms. The highest BCUT2D eigenvalue weighted by molar-refractivity contribution is 8.01. The Morgan fingerprint density at radius 3 is 2.95 bits per heavy atom. The Hall–Kier alpha value is -1.11. The number of carbonyl (C=O) groups excluding carboxylic acids is 1. The van der Waals surface area contributed by atoms with Crippen LogP contribution in [-0.2, 0) is 4.79 Å². The predicted molar refractivity (Wildman–Crippen MR) is 93.7 cm³/mol. The maximum absolute atomic E-state index is 12.4. The van der Waals surface area contributed by atoms with Crippen LogP contribution in [0.4, 0.5) is 0 Å². The SMILES string of the molecule is CCN1CCCN(C(=O)CSc2nc3ccccc3s2)CC1. The molecule has 0 N–H and O–H groups in total. The highest BCUT2D eigenvalue weighted by Crippen LogP contribution is 2.29. The summed E-state index contributed by atoms with van der Waals surface area (Å²) in [7, 11) is 0. The van der Waals surface area contributed by atoms with Crippen LogP contribution in [0.1, 0.15) is 13.3 Å². The van der Waals surface area contributed by atoms with Crippen LogP contribution in [0, 0.1) is 0 Å². The van der Waals surface area contributed by atoms with Crippen molar-refractivity contribution in [2.24, 2.45) is 0 Å². The van der Waals surface area contributed by atoms with Crippen LogP contribution < -0.4 is 0 Å². The molecule has 2 aromatic rings. The second kappa shape index (κ2) is 7.44. The van der Waals surface area contributed by atoms with E-state index in [-0.39, 0.29) is 5.91 Å². The molecular weight excluding hydrogens is 314 g/mol. The lowest BCUT2D eigenvalue weighted by Gasteiger charge is -2.20. The van der Waals surface area contributed by atoms with E-state index in [2.05, 4.69) is 22.9 Å². The first-order valence-corrected chi connectivity index (χ1v) is 9.55. The van der Waals surface area contributed by atoms with E-state index in [1.54, 1.807) is 23.1 Å². The van der Waals surface area contributed by atoms with Crippen LogP contribution in [0.3, 0.4) is 0 Å². The number of likely N-dealkylation sites (N-methyl/N-ethyl adjacent to an activating group) is 1. The lowest BCUT2D eigenvalue weighted by molar-refractivity contribution is -0.128. The number of thioether (sulfide) groups is 1. The molecule has 0 aliphatic carbocycles. The van der Waals surface area contributed by atoms with Gasteiger partial charge < -0.3 is 9.80 Å². The third-order valence-corrected chi connectivity index (χ3v) is 6.15. The Bertz CT molecular complexity index is 610. The van der Waals surface area contributed by atoms with Gasteiger partial charge in [-0.15, -0.1) is 11.3 Å². The van der Waals surface area contributed by atoms with Crippen molar-refractivity contribution >= 4 is 39.2 Å². The molecule has 0 saturated carbocycles. The quantitative estimate of drug-likeness (QED) is 0.805. The highest BCUT2D eigenvalue weighted by Gasteiger charge is 2.18. The summed E-state index contributed by atoms with van der Waals surface area (Å²) in [6, 6.07) is 8.12. The summed E-state index contributed by atoms with van der Waals surface area (Å²) in [6.45, 7) is 7.09. The van der Waals surface area contributed by atoms with Crippen molar-refractivity contribution < 1.29 is 4.79 Å². The van der Waals surface area contributed by atoms with Crippen LogP contribution in [0.2, 0.25) is 0 Å². The standard InChI is InChI=1S/C16H21N3OS2/c1-2-18-8-5-9-19(11-10-18)15(20)12-21-16-17-13-6-3-4-7-14(13)22-16/h3-4,6-7H,2,5,8-12H2,1H3. The molecule has 2 heterocycles. The normalized spacial score (nSPS) is 16.9. The second-order valence-electron chi connectivity index (χ2n) is 5.40. The van der Waals surface area contributed by atoms with Gasteiger partial charge in [-0.3, -0.25) is 4.79 Å². The molecule has 0 bridgehead atoms. The molecule has 1 aromatic carbocycles. The van der Waals surface area contributed by atoms with E-state index in [4.69, 9.17) is 0 Å². The van der Waals surface area contributed by atoms with Crippen molar-refractivity contribution in [3.05, 3.63) is 24.3 Å². The molecule has 1 aliphatic rings. The molecule has 1 aliphatic heterocycles. The molecule has 3 rings (SSSR count). The van der Waals surface area contributed by atoms with E-state index in [0.29, 0.717) is 5.75 Å². The van der Waals surface area contributed by atoms with Gasteiger partial charge in [0.15, 0.2) is 4.34 Å². The molecule has 0 radical (unpaired) electrons. The zero-order valence-corrected chi connectivity index (χ0v) is 14.5. The van der Waals surface area contributed by atoms with E-state index < -0.39 is 0 Å². The van der Waals surface area contributed by atoms with Gasteiger partial charge in [-0.1, -0.05) is 30.8 Å². The van der Waals surface area contributed by atoms with Gasteiger partial charge in [0, 0.05) is 19.6 Å². The van der Waals surface area contributed by atoms with E-state index in [1.165, 1.54) is 4.70 Å². The summed E-state index contributed by atoms with van der Waals surface area (Å²) in [4.78, 5) is 21.4. The van der Waals surface area contributed by atoms with Crippen molar-refractivity contribution in [3.8, 4) is 0 Å². The van der Waals surface area contributed by atoms with Gasteiger partial charge in [0.05, 0.1) is 16.0 Å². The number of rotatable bonds is 4. The van der Waals surface area contributed by atoms with Crippen molar-refractivity contribution in [3.63, 3.8) is 0 Å². The maximum Gasteiger partial charge on any atom is 0.233 e. The lowest BCUT2D eigenvalue weighted by atomic mass is 10.3. The van der Waals surface area contributed by atoms with Crippen LogP contribution in [0.15, 0.2) is 28.6 Å². The topological polar surface area (TPSA) is 36.4 Å². The van der Waals surface area contributed by atoms with Gasteiger partial charge in [-0.2, -0.15) is 0 Å². The fourth-order valence-electron chi connectivity index (χ4n) is 2.66. The Balaban J connectivity index is 1.55. The minimum atomic E-state index is 0.238. The van der Waals surface area contributed by atoms with Gasteiger partial charge in [-0.05, 0) is 31.6 Å². The number of hydrogen-bond donors (Lipinski definition) is 0. The van der Waals surface area contributed by atoms with Gasteiger partial charge in [0.25, 0.3) is 0 Å². The lowest BCUT2D eigenvalue weighted by Crippen LogP contribution is -2.36. The molecule has 4 nitrogen and oxygen atoms in total. The minimum Gasteiger partial charge on any atom is -0.341 e. The van der Waals surface area contributed by atoms with Crippen LogP contribution in [0.25, 0.3) is 10.2 Å². The Labute approximate surface area is 139 Å². The van der Waals surface area contributed by atoms with Gasteiger partial charge >= 0.3 is 0 Å². The minimum absolute atomic E-state index is 0.238. The van der Waals surface area contributed by atoms with Crippen LogP contribution in [-0.4, -0.2) is 59.2 Å². The number of amides is 1. The number of para-hydroxylation sites is 1. The van der Waals surface area contributed by atoms with Crippen molar-refractivity contribution in [1.82, 2.24) is 14.8 Å². The second-order valence-corrected chi connectivity index (χ2v) is 7.66. The molecule has 1 saturated heterocycles. The molecule has 118 valence electrons. The Morgan fingerprint density at radius 1 is 1.27 bits per heavy atom. The zero-order chi connectivity index (χ0) is 15.4. The Kier molecular flexibility index (Phi) is 5.33. The van der Waals surface area contributed by atoms with Crippen LogP contribution >= 0.6 is 23.1 Å². The van der Waals surface area contributed by atoms with Crippen molar-refractivity contribution in [2.75, 3.05) is 38.5 Å². The third-order valence-electron chi connectivity index (χ3n) is 3.98. The molecule has 1 fully saturated rings. The summed E-state index contributed by atoms with van der Waals surface area (Å²) in [5.41, 5.74) is 1.02. The smallest absolute Gasteiger partial charge is 0.233 e. The molecule has 1 amide bonds. The first kappa shape index (κ1) is 15.8. The fourth-order valence-corrected chi connectivity index (χ4v) is 4.64. The van der Waals surface area contributed by atoms with Crippen molar-refractivity contribution in [1.29, 1.82) is 0 Å². The largest absolute Gasteiger partial charge is 0.341 e. The summed E-state index contributed by atoms with van der Waals surface area (Å²) in [5.74, 6) is 0.730. The first-order chi connectivity index (χ1) is 10.8. The Morgan fingerprint density at radius 2 is 2.14 bits per heavy atom. The number of carbonyl (C=O) groups is 1. The van der Waals surface area contributed by atoms with Gasteiger partial charge in [0.2, 0.25) is 5.91 Å². The average molecular weight is 335 g/mol. The number of aromatic nitrogens is 1. The maximum atomic E-state index is 12.4. The monoisotopic (exact) mass is 335 g/mol. The first-order valence-electron chi connectivity index (χ1n) is 7.75. The molecule has 0 atom stereocenters. The summed E-state index contributed by atoms with van der Waals surface area (Å²) in [5, 5.41) is 0. The number of thiazole rings is 1. The summed E-state index contributed by atoms with van der Waals surface area (Å²) < 4.78 is 2.17. The van der Waals surface area contributed by atoms with E-state index >= 15 is 0 Å². The molecular formula is C16H21N3OS2. The van der Waals surface area contributed by atoms with E-state index in [1.807, 2.05) is 23.1 Å². The van der Waals surface area contributed by atoms with E-state index in [9.17, 15) is 4.79 Å². The molecule has 0 spiro atoms. The van der Waals surface area contributed by atoms with Crippen LogP contribution in [0.5, 0.6) is 0 Å². The zero-order valence-electron chi connectivity index (χ0n) is 12.8. The number of fused-ring (bicyclic) bond motifs is 1. The molecule has 0 unspecified atom stereocenters. The van der Waals surface area contributed by atoms with Gasteiger partial charge in [0.1, 0.15) is 0 Å². The van der Waals surface area contributed by atoms with Crippen molar-refractivity contribution in [2.45, 2.75) is 17.7 Å². The number of nitrogens with zero attached hydrogens (tertiary/aromatic N) is 3. The molecule has 6 heteroatoms.